The van der Waals surface area contributed by atoms with Gasteiger partial charge in [0, 0.05) is 5.56 Å². The van der Waals surface area contributed by atoms with Crippen LogP contribution in [-0.4, -0.2) is 40.6 Å². The first-order valence-electron chi connectivity index (χ1n) is 5.45. The fraction of sp³-hybridized carbons (Fsp3) is 0.455. The van der Waals surface area contributed by atoms with Crippen molar-refractivity contribution in [3.63, 3.8) is 0 Å². The minimum Gasteiger partial charge on any atom is -0.504 e. The maximum atomic E-state index is 11.3. The Morgan fingerprint density at radius 3 is 2.53 bits per heavy atom. The fourth-order valence-electron chi connectivity index (χ4n) is 2.03. The van der Waals surface area contributed by atoms with E-state index in [0.717, 1.165) is 6.26 Å². The fourth-order valence-corrected chi connectivity index (χ4v) is 2.74. The normalized spacial score (nSPS) is 17.7. The summed E-state index contributed by atoms with van der Waals surface area (Å²) in [4.78, 5) is 0. The SMILES string of the molecule is COc1c(O)cc2c(c1OC)OCC2NS(C)(=O)=O. The number of fused-ring (bicyclic) bond motifs is 1. The number of phenolic OH excluding ortho intramolecular Hbond substituents is 1. The van der Waals surface area contributed by atoms with Gasteiger partial charge in [0.2, 0.25) is 21.5 Å². The van der Waals surface area contributed by atoms with Crippen LogP contribution in [-0.2, 0) is 10.0 Å². The monoisotopic (exact) mass is 289 g/mol. The van der Waals surface area contributed by atoms with Gasteiger partial charge in [-0.3, -0.25) is 0 Å². The molecule has 0 aromatic heterocycles. The summed E-state index contributed by atoms with van der Waals surface area (Å²) in [5.74, 6) is 0.638. The number of benzene rings is 1. The molecular weight excluding hydrogens is 274 g/mol. The Kier molecular flexibility index (Phi) is 3.46. The number of methoxy groups -OCH3 is 2. The van der Waals surface area contributed by atoms with Crippen LogP contribution in [0.25, 0.3) is 0 Å². The summed E-state index contributed by atoms with van der Waals surface area (Å²) in [6, 6.07) is 0.850. The Bertz CT molecular complexity index is 598. The van der Waals surface area contributed by atoms with E-state index in [1.807, 2.05) is 0 Å². The molecule has 1 aromatic rings. The highest BCUT2D eigenvalue weighted by Crippen LogP contribution is 2.50. The van der Waals surface area contributed by atoms with E-state index in [0.29, 0.717) is 11.3 Å². The zero-order valence-electron chi connectivity index (χ0n) is 10.8. The molecule has 2 rings (SSSR count). The molecule has 1 atom stereocenters. The van der Waals surface area contributed by atoms with Crippen LogP contribution in [0, 0.1) is 0 Å². The lowest BCUT2D eigenvalue weighted by Gasteiger charge is -2.14. The topological polar surface area (TPSA) is 94.1 Å². The van der Waals surface area contributed by atoms with Gasteiger partial charge in [-0.2, -0.15) is 0 Å². The molecule has 7 nitrogen and oxygen atoms in total. The van der Waals surface area contributed by atoms with Crippen molar-refractivity contribution in [2.75, 3.05) is 27.1 Å². The van der Waals surface area contributed by atoms with Crippen molar-refractivity contribution in [1.82, 2.24) is 4.72 Å². The van der Waals surface area contributed by atoms with Crippen molar-refractivity contribution >= 4 is 10.0 Å². The molecule has 0 saturated heterocycles. The molecule has 106 valence electrons. The summed E-state index contributed by atoms with van der Waals surface area (Å²) in [6.07, 6.45) is 1.06. The molecule has 1 aromatic carbocycles. The third-order valence-corrected chi connectivity index (χ3v) is 3.45. The number of aromatic hydroxyl groups is 1. The van der Waals surface area contributed by atoms with Crippen molar-refractivity contribution in [2.24, 2.45) is 0 Å². The summed E-state index contributed by atoms with van der Waals surface area (Å²) in [5.41, 5.74) is 0.514. The molecule has 0 radical (unpaired) electrons. The van der Waals surface area contributed by atoms with Crippen LogP contribution < -0.4 is 18.9 Å². The van der Waals surface area contributed by atoms with Crippen molar-refractivity contribution in [2.45, 2.75) is 6.04 Å². The molecule has 1 aliphatic rings. The molecule has 0 aliphatic carbocycles. The number of nitrogens with one attached hydrogen (secondary N) is 1. The van der Waals surface area contributed by atoms with Gasteiger partial charge in [0.1, 0.15) is 6.61 Å². The second-order valence-electron chi connectivity index (χ2n) is 4.13. The largest absolute Gasteiger partial charge is 0.504 e. The van der Waals surface area contributed by atoms with E-state index in [1.165, 1.54) is 20.3 Å². The summed E-state index contributed by atoms with van der Waals surface area (Å²) in [5, 5.41) is 9.86. The molecule has 19 heavy (non-hydrogen) atoms. The first-order valence-corrected chi connectivity index (χ1v) is 7.34. The van der Waals surface area contributed by atoms with E-state index in [2.05, 4.69) is 4.72 Å². The van der Waals surface area contributed by atoms with Gasteiger partial charge in [0.25, 0.3) is 0 Å². The number of sulfonamides is 1. The first-order chi connectivity index (χ1) is 8.87. The van der Waals surface area contributed by atoms with Gasteiger partial charge in [-0.15, -0.1) is 0 Å². The van der Waals surface area contributed by atoms with Crippen LogP contribution in [0.4, 0.5) is 0 Å². The number of ether oxygens (including phenoxy) is 3. The van der Waals surface area contributed by atoms with Crippen LogP contribution in [0.2, 0.25) is 0 Å². The molecule has 1 heterocycles. The molecule has 0 bridgehead atoms. The molecule has 1 unspecified atom stereocenters. The smallest absolute Gasteiger partial charge is 0.209 e. The average molecular weight is 289 g/mol. The van der Waals surface area contributed by atoms with Crippen LogP contribution >= 0.6 is 0 Å². The van der Waals surface area contributed by atoms with Gasteiger partial charge < -0.3 is 19.3 Å². The summed E-state index contributed by atoms with van der Waals surface area (Å²) < 4.78 is 40.6. The number of hydrogen-bond acceptors (Lipinski definition) is 6. The lowest BCUT2D eigenvalue weighted by Crippen LogP contribution is -2.28. The molecule has 2 N–H and O–H groups in total. The van der Waals surface area contributed by atoms with Gasteiger partial charge in [0.15, 0.2) is 11.5 Å². The van der Waals surface area contributed by atoms with E-state index in [-0.39, 0.29) is 23.9 Å². The highest BCUT2D eigenvalue weighted by atomic mass is 32.2. The summed E-state index contributed by atoms with van der Waals surface area (Å²) >= 11 is 0. The average Bonchev–Trinajstić information content (AvgIpc) is 2.68. The number of phenols is 1. The Morgan fingerprint density at radius 1 is 1.37 bits per heavy atom. The van der Waals surface area contributed by atoms with Crippen LogP contribution in [0.1, 0.15) is 11.6 Å². The van der Waals surface area contributed by atoms with E-state index in [9.17, 15) is 13.5 Å². The molecule has 0 saturated carbocycles. The summed E-state index contributed by atoms with van der Waals surface area (Å²) in [6.45, 7) is 0.130. The predicted octanol–water partition coefficient (Wildman–Crippen LogP) is 0.392. The number of hydrogen-bond donors (Lipinski definition) is 2. The molecule has 0 amide bonds. The third kappa shape index (κ3) is 2.54. The third-order valence-electron chi connectivity index (χ3n) is 2.73. The van der Waals surface area contributed by atoms with Crippen molar-refractivity contribution in [3.05, 3.63) is 11.6 Å². The Hall–Kier alpha value is -1.67. The van der Waals surface area contributed by atoms with Crippen LogP contribution in [0.3, 0.4) is 0 Å². The van der Waals surface area contributed by atoms with Gasteiger partial charge in [-0.25, -0.2) is 13.1 Å². The van der Waals surface area contributed by atoms with Crippen molar-refractivity contribution < 1.29 is 27.7 Å². The van der Waals surface area contributed by atoms with Gasteiger partial charge >= 0.3 is 0 Å². The lowest BCUT2D eigenvalue weighted by molar-refractivity contribution is 0.291. The Morgan fingerprint density at radius 2 is 2.00 bits per heavy atom. The second-order valence-corrected chi connectivity index (χ2v) is 5.91. The standard InChI is InChI=1S/C11H15NO6S/c1-16-10-8(13)4-6-7(12-19(3,14)15)5-18-9(6)11(10)17-2/h4,7,12-13H,5H2,1-3H3. The highest BCUT2D eigenvalue weighted by Gasteiger charge is 2.33. The van der Waals surface area contributed by atoms with E-state index in [1.54, 1.807) is 0 Å². The first kappa shape index (κ1) is 13.8. The highest BCUT2D eigenvalue weighted by molar-refractivity contribution is 7.88. The molecule has 0 fully saturated rings. The Labute approximate surface area is 111 Å². The van der Waals surface area contributed by atoms with E-state index < -0.39 is 16.1 Å². The lowest BCUT2D eigenvalue weighted by atomic mass is 10.1. The minimum absolute atomic E-state index is 0.130. The van der Waals surface area contributed by atoms with Gasteiger partial charge in [-0.1, -0.05) is 0 Å². The molecule has 1 aliphatic heterocycles. The maximum absolute atomic E-state index is 11.3. The second kappa shape index (κ2) is 4.78. The quantitative estimate of drug-likeness (QED) is 0.833. The number of rotatable bonds is 4. The van der Waals surface area contributed by atoms with E-state index in [4.69, 9.17) is 14.2 Å². The van der Waals surface area contributed by atoms with Gasteiger partial charge in [-0.05, 0) is 6.07 Å². The van der Waals surface area contributed by atoms with E-state index >= 15 is 0 Å². The van der Waals surface area contributed by atoms with Crippen LogP contribution in [0.15, 0.2) is 6.07 Å². The van der Waals surface area contributed by atoms with Crippen LogP contribution in [0.5, 0.6) is 23.0 Å². The van der Waals surface area contributed by atoms with Crippen molar-refractivity contribution in [1.29, 1.82) is 0 Å². The summed E-state index contributed by atoms with van der Waals surface area (Å²) in [7, 11) is -0.573. The molecular formula is C11H15NO6S. The van der Waals surface area contributed by atoms with Crippen molar-refractivity contribution in [3.8, 4) is 23.0 Å². The Balaban J connectivity index is 2.50. The molecule has 0 spiro atoms. The molecule has 8 heteroatoms. The van der Waals surface area contributed by atoms with Gasteiger partial charge in [0.05, 0.1) is 26.5 Å². The minimum atomic E-state index is -3.38. The zero-order valence-corrected chi connectivity index (χ0v) is 11.6. The maximum Gasteiger partial charge on any atom is 0.209 e. The predicted molar refractivity (Wildman–Crippen MR) is 67.4 cm³/mol. The zero-order chi connectivity index (χ0) is 14.2.